The molecule has 1 aromatic carbocycles. The summed E-state index contributed by atoms with van der Waals surface area (Å²) in [4.78, 5) is 51.7. The van der Waals surface area contributed by atoms with Gasteiger partial charge in [0.05, 0.1) is 22.7 Å². The predicted molar refractivity (Wildman–Crippen MR) is 116 cm³/mol. The molecule has 1 atom stereocenters. The molecule has 1 saturated heterocycles. The lowest BCUT2D eigenvalue weighted by molar-refractivity contribution is -0.147. The summed E-state index contributed by atoms with van der Waals surface area (Å²) >= 11 is 3.33. The van der Waals surface area contributed by atoms with E-state index in [9.17, 15) is 14.4 Å². The van der Waals surface area contributed by atoms with Crippen LogP contribution in [0.4, 0.5) is 5.95 Å². The topological polar surface area (TPSA) is 95.9 Å². The fourth-order valence-electron chi connectivity index (χ4n) is 3.98. The smallest absolute Gasteiger partial charge is 0.323 e. The Morgan fingerprint density at radius 1 is 1.06 bits per heavy atom. The fourth-order valence-corrected chi connectivity index (χ4v) is 4.19. The molecule has 0 saturated carbocycles. The van der Waals surface area contributed by atoms with E-state index in [1.165, 1.54) is 12.0 Å². The van der Waals surface area contributed by atoms with Crippen LogP contribution >= 0.6 is 15.9 Å². The van der Waals surface area contributed by atoms with E-state index in [4.69, 9.17) is 4.74 Å². The van der Waals surface area contributed by atoms with Gasteiger partial charge < -0.3 is 9.64 Å². The first kappa shape index (κ1) is 21.4. The number of amides is 2. The van der Waals surface area contributed by atoms with Crippen molar-refractivity contribution < 1.29 is 19.1 Å². The molecule has 3 heterocycles. The van der Waals surface area contributed by atoms with Gasteiger partial charge in [0.25, 0.3) is 11.8 Å². The number of benzene rings is 1. The zero-order valence-corrected chi connectivity index (χ0v) is 18.6. The molecule has 0 radical (unpaired) electrons. The summed E-state index contributed by atoms with van der Waals surface area (Å²) in [6, 6.07) is 6.23. The van der Waals surface area contributed by atoms with E-state index in [2.05, 4.69) is 30.8 Å². The van der Waals surface area contributed by atoms with E-state index in [0.29, 0.717) is 49.7 Å². The summed E-state index contributed by atoms with van der Waals surface area (Å²) in [5.41, 5.74) is 0.815. The van der Waals surface area contributed by atoms with E-state index >= 15 is 0 Å². The summed E-state index contributed by atoms with van der Waals surface area (Å²) in [6.07, 6.45) is 3.72. The number of carbonyl (C=O) groups is 3. The van der Waals surface area contributed by atoms with E-state index in [1.54, 1.807) is 36.7 Å². The Balaban J connectivity index is 1.40. The number of ether oxygens (including phenoxy) is 1. The normalized spacial score (nSPS) is 17.6. The number of imide groups is 1. The van der Waals surface area contributed by atoms with Crippen molar-refractivity contribution in [2.24, 2.45) is 0 Å². The molecule has 9 nitrogen and oxygen atoms in total. The standard InChI is InChI=1S/C21H22BrN5O4/c1-31-20(30)17(6-7-27-18(28)15-4-2-3-5-16(15)19(27)29)25-8-10-26(11-9-25)21-23-12-14(22)13-24-21/h2-5,12-13,17H,6-11H2,1H3. The van der Waals surface area contributed by atoms with Crippen molar-refractivity contribution in [1.82, 2.24) is 19.8 Å². The highest BCUT2D eigenvalue weighted by molar-refractivity contribution is 9.10. The van der Waals surface area contributed by atoms with Crippen molar-refractivity contribution in [2.45, 2.75) is 12.5 Å². The molecule has 0 aliphatic carbocycles. The Kier molecular flexibility index (Phi) is 6.28. The molecule has 0 bridgehead atoms. The van der Waals surface area contributed by atoms with Gasteiger partial charge in [0.1, 0.15) is 6.04 Å². The van der Waals surface area contributed by atoms with Crippen LogP contribution in [0.1, 0.15) is 27.1 Å². The second-order valence-corrected chi connectivity index (χ2v) is 8.28. The van der Waals surface area contributed by atoms with Gasteiger partial charge in [-0.25, -0.2) is 9.97 Å². The fraction of sp³-hybridized carbons (Fsp3) is 0.381. The highest BCUT2D eigenvalue weighted by Crippen LogP contribution is 2.24. The molecule has 0 N–H and O–H groups in total. The Bertz CT molecular complexity index is 957. The SMILES string of the molecule is COC(=O)C(CCN1C(=O)c2ccccc2C1=O)N1CCN(c2ncc(Br)cn2)CC1. The number of piperazine rings is 1. The highest BCUT2D eigenvalue weighted by atomic mass is 79.9. The zero-order valence-electron chi connectivity index (χ0n) is 17.0. The zero-order chi connectivity index (χ0) is 22.0. The molecule has 2 aliphatic heterocycles. The van der Waals surface area contributed by atoms with Crippen LogP contribution in [0, 0.1) is 0 Å². The van der Waals surface area contributed by atoms with Crippen LogP contribution < -0.4 is 4.90 Å². The third-order valence-electron chi connectivity index (χ3n) is 5.62. The maximum atomic E-state index is 12.6. The Morgan fingerprint density at radius 2 is 1.65 bits per heavy atom. The highest BCUT2D eigenvalue weighted by Gasteiger charge is 2.37. The monoisotopic (exact) mass is 487 g/mol. The Morgan fingerprint density at radius 3 is 2.19 bits per heavy atom. The summed E-state index contributed by atoms with van der Waals surface area (Å²) in [6.45, 7) is 2.69. The number of fused-ring (bicyclic) bond motifs is 1. The first-order valence-corrected chi connectivity index (χ1v) is 10.8. The van der Waals surface area contributed by atoms with E-state index in [-0.39, 0.29) is 24.3 Å². The van der Waals surface area contributed by atoms with Crippen LogP contribution in [-0.4, -0.2) is 83.4 Å². The van der Waals surface area contributed by atoms with Crippen LogP contribution in [0.15, 0.2) is 41.1 Å². The third kappa shape index (κ3) is 4.31. The van der Waals surface area contributed by atoms with Gasteiger partial charge in [-0.05, 0) is 34.5 Å². The van der Waals surface area contributed by atoms with Gasteiger partial charge in [-0.1, -0.05) is 12.1 Å². The van der Waals surface area contributed by atoms with E-state index in [1.807, 2.05) is 4.90 Å². The number of aromatic nitrogens is 2. The van der Waals surface area contributed by atoms with Crippen LogP contribution in [-0.2, 0) is 9.53 Å². The lowest BCUT2D eigenvalue weighted by atomic mass is 10.1. The molecule has 2 amide bonds. The van der Waals surface area contributed by atoms with Gasteiger partial charge in [-0.15, -0.1) is 0 Å². The summed E-state index contributed by atoms with van der Waals surface area (Å²) in [5, 5.41) is 0. The molecule has 1 fully saturated rings. The molecule has 1 unspecified atom stereocenters. The Labute approximate surface area is 188 Å². The maximum Gasteiger partial charge on any atom is 0.323 e. The largest absolute Gasteiger partial charge is 0.468 e. The van der Waals surface area contributed by atoms with E-state index in [0.717, 1.165) is 4.47 Å². The summed E-state index contributed by atoms with van der Waals surface area (Å²) in [7, 11) is 1.35. The number of halogens is 1. The van der Waals surface area contributed by atoms with Crippen molar-refractivity contribution in [3.8, 4) is 0 Å². The first-order chi connectivity index (χ1) is 15.0. The maximum absolute atomic E-state index is 12.6. The van der Waals surface area contributed by atoms with Crippen molar-refractivity contribution >= 4 is 39.7 Å². The molecule has 31 heavy (non-hydrogen) atoms. The molecule has 162 valence electrons. The molecular formula is C21H22BrN5O4. The quantitative estimate of drug-likeness (QED) is 0.447. The second kappa shape index (κ2) is 9.11. The van der Waals surface area contributed by atoms with Gasteiger partial charge in [0.2, 0.25) is 5.95 Å². The second-order valence-electron chi connectivity index (χ2n) is 7.36. The minimum Gasteiger partial charge on any atom is -0.468 e. The Hall–Kier alpha value is -2.85. The van der Waals surface area contributed by atoms with Gasteiger partial charge >= 0.3 is 5.97 Å². The van der Waals surface area contributed by atoms with Gasteiger partial charge in [0, 0.05) is 45.1 Å². The predicted octanol–water partition coefficient (Wildman–Crippen LogP) is 1.59. The van der Waals surface area contributed by atoms with Crippen molar-refractivity contribution in [2.75, 3.05) is 44.7 Å². The number of nitrogens with zero attached hydrogens (tertiary/aromatic N) is 5. The number of rotatable bonds is 6. The van der Waals surface area contributed by atoms with E-state index < -0.39 is 6.04 Å². The molecular weight excluding hydrogens is 466 g/mol. The average Bonchev–Trinajstić information content (AvgIpc) is 3.05. The summed E-state index contributed by atoms with van der Waals surface area (Å²) in [5.74, 6) is -0.365. The number of methoxy groups -OCH3 is 1. The summed E-state index contributed by atoms with van der Waals surface area (Å²) < 4.78 is 5.82. The van der Waals surface area contributed by atoms with Gasteiger partial charge in [-0.2, -0.15) is 0 Å². The number of anilines is 1. The van der Waals surface area contributed by atoms with Crippen LogP contribution in [0.25, 0.3) is 0 Å². The van der Waals surface area contributed by atoms with Gasteiger partial charge in [-0.3, -0.25) is 24.2 Å². The molecule has 1 aromatic heterocycles. The first-order valence-electron chi connectivity index (χ1n) is 9.99. The number of hydrogen-bond donors (Lipinski definition) is 0. The minimum atomic E-state index is -0.540. The molecule has 4 rings (SSSR count). The van der Waals surface area contributed by atoms with Crippen molar-refractivity contribution in [1.29, 1.82) is 0 Å². The van der Waals surface area contributed by atoms with Crippen molar-refractivity contribution in [3.05, 3.63) is 52.3 Å². The number of hydrogen-bond acceptors (Lipinski definition) is 8. The lowest BCUT2D eigenvalue weighted by Gasteiger charge is -2.38. The molecule has 2 aliphatic rings. The minimum absolute atomic E-state index is 0.155. The van der Waals surface area contributed by atoms with Crippen LogP contribution in [0.3, 0.4) is 0 Å². The van der Waals surface area contributed by atoms with Crippen molar-refractivity contribution in [3.63, 3.8) is 0 Å². The van der Waals surface area contributed by atoms with Crippen LogP contribution in [0.2, 0.25) is 0 Å². The van der Waals surface area contributed by atoms with Gasteiger partial charge in [0.15, 0.2) is 0 Å². The van der Waals surface area contributed by atoms with Crippen LogP contribution in [0.5, 0.6) is 0 Å². The lowest BCUT2D eigenvalue weighted by Crippen LogP contribution is -2.54. The molecule has 0 spiro atoms. The molecule has 2 aromatic rings. The third-order valence-corrected chi connectivity index (χ3v) is 6.03. The average molecular weight is 488 g/mol. The molecule has 10 heteroatoms. The number of esters is 1. The number of carbonyl (C=O) groups excluding carboxylic acids is 3.